The molecule has 0 spiro atoms. The molecule has 1 atom stereocenters. The number of benzene rings is 1. The fourth-order valence-corrected chi connectivity index (χ4v) is 4.43. The highest BCUT2D eigenvalue weighted by molar-refractivity contribution is 9.10. The molecule has 11 nitrogen and oxygen atoms in total. The SMILES string of the molecule is C=CC(=O)N1CCC[C@@H](n2nc(-c3cn(-c4cc(Br)ccc4O)nn3)c3c(N)ncnc32)C1. The highest BCUT2D eigenvalue weighted by atomic mass is 79.9. The van der Waals surface area contributed by atoms with Gasteiger partial charge in [-0.1, -0.05) is 27.7 Å². The molecule has 12 heteroatoms. The van der Waals surface area contributed by atoms with Gasteiger partial charge in [0.2, 0.25) is 5.91 Å². The maximum atomic E-state index is 12.2. The summed E-state index contributed by atoms with van der Waals surface area (Å²) in [5.74, 6) is 0.223. The van der Waals surface area contributed by atoms with Gasteiger partial charge in [-0.3, -0.25) is 4.79 Å². The third kappa shape index (κ3) is 3.71. The van der Waals surface area contributed by atoms with Gasteiger partial charge in [-0.05, 0) is 37.1 Å². The van der Waals surface area contributed by atoms with Crippen molar-refractivity contribution in [3.63, 3.8) is 0 Å². The van der Waals surface area contributed by atoms with E-state index in [0.717, 1.165) is 17.3 Å². The molecular formula is C21H20BrN9O2. The van der Waals surface area contributed by atoms with E-state index in [1.165, 1.54) is 17.1 Å². The fourth-order valence-electron chi connectivity index (χ4n) is 4.08. The molecule has 3 N–H and O–H groups in total. The molecule has 1 aliphatic heterocycles. The number of hydrogen-bond donors (Lipinski definition) is 2. The number of nitrogen functional groups attached to an aromatic ring is 1. The zero-order chi connectivity index (χ0) is 23.1. The summed E-state index contributed by atoms with van der Waals surface area (Å²) in [6, 6.07) is 4.94. The Morgan fingerprint density at radius 1 is 1.33 bits per heavy atom. The number of phenolic OH excluding ortho intramolecular Hbond substituents is 1. The molecule has 5 rings (SSSR count). The van der Waals surface area contributed by atoms with Gasteiger partial charge in [-0.25, -0.2) is 19.3 Å². The first-order valence-corrected chi connectivity index (χ1v) is 11.1. The molecule has 4 aromatic rings. The lowest BCUT2D eigenvalue weighted by atomic mass is 10.1. The third-order valence-corrected chi connectivity index (χ3v) is 6.16. The van der Waals surface area contributed by atoms with Crippen LogP contribution < -0.4 is 5.73 Å². The number of hydrogen-bond acceptors (Lipinski definition) is 8. The lowest BCUT2D eigenvalue weighted by Crippen LogP contribution is -2.40. The van der Waals surface area contributed by atoms with E-state index in [-0.39, 0.29) is 23.5 Å². The molecular weight excluding hydrogens is 490 g/mol. The lowest BCUT2D eigenvalue weighted by molar-refractivity contribution is -0.127. The number of carbonyl (C=O) groups is 1. The maximum absolute atomic E-state index is 12.2. The summed E-state index contributed by atoms with van der Waals surface area (Å²) in [6.45, 7) is 4.75. The monoisotopic (exact) mass is 509 g/mol. The molecule has 4 heterocycles. The number of carbonyl (C=O) groups excluding carboxylic acids is 1. The van der Waals surface area contributed by atoms with Crippen LogP contribution in [-0.4, -0.2) is 63.7 Å². The number of rotatable bonds is 4. The van der Waals surface area contributed by atoms with E-state index in [4.69, 9.17) is 10.8 Å². The first kappa shape index (κ1) is 21.1. The Balaban J connectivity index is 1.59. The third-order valence-electron chi connectivity index (χ3n) is 5.67. The van der Waals surface area contributed by atoms with Crippen molar-refractivity contribution in [3.05, 3.63) is 47.9 Å². The van der Waals surface area contributed by atoms with Crippen molar-refractivity contribution < 1.29 is 9.90 Å². The molecule has 1 fully saturated rings. The van der Waals surface area contributed by atoms with E-state index in [1.54, 1.807) is 34.0 Å². The molecule has 0 unspecified atom stereocenters. The Labute approximate surface area is 196 Å². The Kier molecular flexibility index (Phi) is 5.29. The first-order valence-electron chi connectivity index (χ1n) is 10.3. The number of aromatic hydroxyl groups is 1. The number of amides is 1. The smallest absolute Gasteiger partial charge is 0.246 e. The predicted octanol–water partition coefficient (Wildman–Crippen LogP) is 2.47. The molecule has 1 amide bonds. The van der Waals surface area contributed by atoms with Crippen LogP contribution in [0.5, 0.6) is 5.75 Å². The summed E-state index contributed by atoms with van der Waals surface area (Å²) in [5, 5.41) is 24.0. The van der Waals surface area contributed by atoms with Gasteiger partial charge in [0.05, 0.1) is 17.6 Å². The molecule has 33 heavy (non-hydrogen) atoms. The molecule has 3 aromatic heterocycles. The van der Waals surface area contributed by atoms with Crippen LogP contribution in [0, 0.1) is 0 Å². The Morgan fingerprint density at radius 3 is 3.00 bits per heavy atom. The molecule has 0 bridgehead atoms. The van der Waals surface area contributed by atoms with Crippen LogP contribution in [0.4, 0.5) is 5.82 Å². The standard InChI is InChI=1S/C21H20BrN9O2/c1-2-17(33)29-7-3-4-13(9-29)31-21-18(20(23)24-11-25-21)19(27-31)14-10-30(28-26-14)15-8-12(22)5-6-16(15)32/h2,5-6,8,10-11,13,32H,1,3-4,7,9H2,(H2,23,24,25)/t13-/m1/s1. The van der Waals surface area contributed by atoms with Crippen LogP contribution >= 0.6 is 15.9 Å². The largest absolute Gasteiger partial charge is 0.506 e. The lowest BCUT2D eigenvalue weighted by Gasteiger charge is -2.32. The molecule has 1 aliphatic rings. The summed E-state index contributed by atoms with van der Waals surface area (Å²) >= 11 is 3.40. The van der Waals surface area contributed by atoms with Crippen molar-refractivity contribution >= 4 is 38.7 Å². The van der Waals surface area contributed by atoms with Gasteiger partial charge in [0.25, 0.3) is 0 Å². The second-order valence-electron chi connectivity index (χ2n) is 7.72. The van der Waals surface area contributed by atoms with Gasteiger partial charge >= 0.3 is 0 Å². The minimum Gasteiger partial charge on any atom is -0.506 e. The number of anilines is 1. The van der Waals surface area contributed by atoms with Crippen molar-refractivity contribution in [3.8, 4) is 22.8 Å². The zero-order valence-corrected chi connectivity index (χ0v) is 19.1. The molecule has 0 saturated carbocycles. The van der Waals surface area contributed by atoms with Crippen molar-refractivity contribution in [1.29, 1.82) is 0 Å². The summed E-state index contributed by atoms with van der Waals surface area (Å²) in [5.41, 5.74) is 8.17. The van der Waals surface area contributed by atoms with Crippen LogP contribution in [0.1, 0.15) is 18.9 Å². The number of fused-ring (bicyclic) bond motifs is 1. The number of phenols is 1. The minimum absolute atomic E-state index is 0.0575. The summed E-state index contributed by atoms with van der Waals surface area (Å²) in [4.78, 5) is 22.5. The van der Waals surface area contributed by atoms with E-state index in [1.807, 2.05) is 0 Å². The molecule has 168 valence electrons. The highest BCUT2D eigenvalue weighted by Gasteiger charge is 2.28. The second kappa shape index (κ2) is 8.28. The maximum Gasteiger partial charge on any atom is 0.246 e. The van der Waals surface area contributed by atoms with Gasteiger partial charge in [-0.15, -0.1) is 5.10 Å². The van der Waals surface area contributed by atoms with E-state index >= 15 is 0 Å². The van der Waals surface area contributed by atoms with Crippen molar-refractivity contribution in [2.45, 2.75) is 18.9 Å². The van der Waals surface area contributed by atoms with Crippen molar-refractivity contribution in [2.75, 3.05) is 18.8 Å². The van der Waals surface area contributed by atoms with E-state index in [9.17, 15) is 9.90 Å². The zero-order valence-electron chi connectivity index (χ0n) is 17.5. The van der Waals surface area contributed by atoms with Gasteiger partial charge in [0.15, 0.2) is 5.65 Å². The number of likely N-dealkylation sites (tertiary alicyclic amines) is 1. The van der Waals surface area contributed by atoms with Crippen LogP contribution in [0.15, 0.2) is 47.9 Å². The number of halogens is 1. The Hall–Kier alpha value is -3.80. The average molecular weight is 510 g/mol. The topological polar surface area (TPSA) is 141 Å². The molecule has 0 radical (unpaired) electrons. The van der Waals surface area contributed by atoms with Gasteiger partial charge in [-0.2, -0.15) is 5.10 Å². The normalized spacial score (nSPS) is 16.3. The fraction of sp³-hybridized carbons (Fsp3) is 0.238. The van der Waals surface area contributed by atoms with E-state index in [0.29, 0.717) is 41.2 Å². The van der Waals surface area contributed by atoms with Crippen LogP contribution in [-0.2, 0) is 4.79 Å². The molecule has 1 aromatic carbocycles. The van der Waals surface area contributed by atoms with Crippen LogP contribution in [0.3, 0.4) is 0 Å². The second-order valence-corrected chi connectivity index (χ2v) is 8.63. The number of piperidine rings is 1. The quantitative estimate of drug-likeness (QED) is 0.399. The van der Waals surface area contributed by atoms with Gasteiger partial charge in [0, 0.05) is 17.6 Å². The van der Waals surface area contributed by atoms with Crippen molar-refractivity contribution in [1.82, 2.24) is 39.6 Å². The highest BCUT2D eigenvalue weighted by Crippen LogP contribution is 2.33. The number of nitrogens with two attached hydrogens (primary N) is 1. The van der Waals surface area contributed by atoms with E-state index in [2.05, 4.69) is 42.8 Å². The van der Waals surface area contributed by atoms with E-state index < -0.39 is 0 Å². The average Bonchev–Trinajstić information content (AvgIpc) is 3.46. The first-order chi connectivity index (χ1) is 16.0. The van der Waals surface area contributed by atoms with Crippen LogP contribution in [0.25, 0.3) is 28.1 Å². The Bertz CT molecular complexity index is 1380. The summed E-state index contributed by atoms with van der Waals surface area (Å²) in [6.07, 6.45) is 6.05. The van der Waals surface area contributed by atoms with Gasteiger partial charge < -0.3 is 15.7 Å². The van der Waals surface area contributed by atoms with Crippen molar-refractivity contribution in [2.24, 2.45) is 0 Å². The number of nitrogens with zero attached hydrogens (tertiary/aromatic N) is 8. The molecule has 0 aliphatic carbocycles. The van der Waals surface area contributed by atoms with Gasteiger partial charge in [0.1, 0.15) is 35.0 Å². The predicted molar refractivity (Wildman–Crippen MR) is 125 cm³/mol. The summed E-state index contributed by atoms with van der Waals surface area (Å²) in [7, 11) is 0. The summed E-state index contributed by atoms with van der Waals surface area (Å²) < 4.78 is 4.04. The number of aromatic nitrogens is 7. The van der Waals surface area contributed by atoms with Crippen LogP contribution in [0.2, 0.25) is 0 Å². The minimum atomic E-state index is -0.109. The molecule has 1 saturated heterocycles. The Morgan fingerprint density at radius 2 is 2.18 bits per heavy atom.